The normalized spacial score (nSPS) is 19.6. The summed E-state index contributed by atoms with van der Waals surface area (Å²) in [7, 11) is 0. The van der Waals surface area contributed by atoms with Gasteiger partial charge in [-0.15, -0.1) is 0 Å². The van der Waals surface area contributed by atoms with Gasteiger partial charge in [0.25, 0.3) is 5.91 Å². The van der Waals surface area contributed by atoms with Gasteiger partial charge in [0.2, 0.25) is 11.9 Å². The number of amides is 2. The average Bonchev–Trinajstić information content (AvgIpc) is 3.21. The quantitative estimate of drug-likeness (QED) is 0.647. The van der Waals surface area contributed by atoms with Gasteiger partial charge in [0.1, 0.15) is 6.04 Å². The summed E-state index contributed by atoms with van der Waals surface area (Å²) in [6, 6.07) is 13.4. The van der Waals surface area contributed by atoms with E-state index in [9.17, 15) is 9.59 Å². The van der Waals surface area contributed by atoms with Gasteiger partial charge in [-0.2, -0.15) is 0 Å². The van der Waals surface area contributed by atoms with E-state index in [2.05, 4.69) is 10.6 Å². The Balaban J connectivity index is 1.54. The molecule has 2 aromatic carbocycles. The van der Waals surface area contributed by atoms with Crippen LogP contribution in [-0.2, 0) is 16.1 Å². The van der Waals surface area contributed by atoms with E-state index in [1.165, 1.54) is 4.90 Å². The van der Waals surface area contributed by atoms with Crippen LogP contribution in [0.15, 0.2) is 42.5 Å². The van der Waals surface area contributed by atoms with Crippen LogP contribution < -0.4 is 9.80 Å². The molecule has 5 rings (SSSR count). The van der Waals surface area contributed by atoms with Gasteiger partial charge in [-0.3, -0.25) is 9.59 Å². The van der Waals surface area contributed by atoms with E-state index in [0.29, 0.717) is 5.69 Å². The number of hydrogen-bond donors (Lipinski definition) is 0. The number of hydrogen-bond acceptors (Lipinski definition) is 4. The molecule has 0 N–H and O–H groups in total. The summed E-state index contributed by atoms with van der Waals surface area (Å²) in [5.74, 6) is 0.498. The molecule has 142 valence electrons. The third kappa shape index (κ3) is 2.44. The van der Waals surface area contributed by atoms with Crippen LogP contribution in [0.4, 0.5) is 11.6 Å². The molecular weight excluding hydrogens is 352 g/mol. The fourth-order valence-electron chi connectivity index (χ4n) is 4.37. The van der Waals surface area contributed by atoms with E-state index in [4.69, 9.17) is 4.98 Å². The van der Waals surface area contributed by atoms with E-state index in [1.54, 1.807) is 0 Å². The molecular formula is C22H22N4O2. The molecule has 0 saturated carbocycles. The number of anilines is 2. The third-order valence-electron chi connectivity index (χ3n) is 5.78. The van der Waals surface area contributed by atoms with E-state index in [0.717, 1.165) is 47.6 Å². The highest BCUT2D eigenvalue weighted by Gasteiger charge is 2.45. The van der Waals surface area contributed by atoms with Gasteiger partial charge in [-0.25, -0.2) is 9.88 Å². The molecule has 28 heavy (non-hydrogen) atoms. The van der Waals surface area contributed by atoms with Gasteiger partial charge < -0.3 is 9.47 Å². The molecule has 0 spiro atoms. The number of rotatable bonds is 2. The van der Waals surface area contributed by atoms with Crippen molar-refractivity contribution in [1.82, 2.24) is 9.55 Å². The van der Waals surface area contributed by atoms with Gasteiger partial charge in [-0.05, 0) is 49.6 Å². The summed E-state index contributed by atoms with van der Waals surface area (Å²) in [4.78, 5) is 34.3. The van der Waals surface area contributed by atoms with Crippen LogP contribution in [0.2, 0.25) is 0 Å². The monoisotopic (exact) mass is 374 g/mol. The molecule has 1 aromatic heterocycles. The summed E-state index contributed by atoms with van der Waals surface area (Å²) in [6.07, 6.45) is 1.12. The lowest BCUT2D eigenvalue weighted by molar-refractivity contribution is -0.121. The summed E-state index contributed by atoms with van der Waals surface area (Å²) in [5.41, 5.74) is 4.66. The molecule has 6 nitrogen and oxygen atoms in total. The molecule has 0 radical (unpaired) electrons. The van der Waals surface area contributed by atoms with Crippen LogP contribution in [0.25, 0.3) is 11.0 Å². The number of fused-ring (bicyclic) bond motifs is 3. The number of carbonyl (C=O) groups excluding carboxylic acids is 2. The number of nitrogens with zero attached hydrogens (tertiary/aromatic N) is 4. The van der Waals surface area contributed by atoms with Crippen molar-refractivity contribution in [2.75, 3.05) is 16.3 Å². The molecule has 1 unspecified atom stereocenters. The second-order valence-corrected chi connectivity index (χ2v) is 7.68. The van der Waals surface area contributed by atoms with Crippen molar-refractivity contribution in [3.63, 3.8) is 0 Å². The SMILES string of the molecule is Cc1ccc(C)c(N2C(=O)CC(N3CCCn4c3nc3ccccc34)C2=O)c1. The zero-order valence-corrected chi connectivity index (χ0v) is 16.1. The number of aryl methyl sites for hydroxylation is 3. The topological polar surface area (TPSA) is 58.4 Å². The largest absolute Gasteiger partial charge is 0.330 e. The Bertz CT molecular complexity index is 1120. The predicted octanol–water partition coefficient (Wildman–Crippen LogP) is 3.20. The molecule has 2 amide bonds. The summed E-state index contributed by atoms with van der Waals surface area (Å²) in [5, 5.41) is 0. The lowest BCUT2D eigenvalue weighted by atomic mass is 10.1. The maximum atomic E-state index is 13.3. The van der Waals surface area contributed by atoms with Gasteiger partial charge >= 0.3 is 0 Å². The fourth-order valence-corrected chi connectivity index (χ4v) is 4.37. The molecule has 0 aliphatic carbocycles. The van der Waals surface area contributed by atoms with Crippen molar-refractivity contribution in [3.05, 3.63) is 53.6 Å². The smallest absolute Gasteiger partial charge is 0.257 e. The minimum Gasteiger partial charge on any atom is -0.330 e. The number of aromatic nitrogens is 2. The number of imide groups is 1. The number of imidazole rings is 1. The van der Waals surface area contributed by atoms with E-state index in [1.807, 2.05) is 55.1 Å². The summed E-state index contributed by atoms with van der Waals surface area (Å²) < 4.78 is 2.16. The van der Waals surface area contributed by atoms with Gasteiger partial charge in [-0.1, -0.05) is 24.3 Å². The predicted molar refractivity (Wildman–Crippen MR) is 109 cm³/mol. The Morgan fingerprint density at radius 1 is 1.04 bits per heavy atom. The van der Waals surface area contributed by atoms with Gasteiger partial charge in [0, 0.05) is 13.1 Å². The lowest BCUT2D eigenvalue weighted by Gasteiger charge is -2.32. The van der Waals surface area contributed by atoms with Crippen molar-refractivity contribution in [1.29, 1.82) is 0 Å². The molecule has 0 bridgehead atoms. The number of para-hydroxylation sites is 2. The first-order valence-electron chi connectivity index (χ1n) is 9.70. The first kappa shape index (κ1) is 17.0. The maximum Gasteiger partial charge on any atom is 0.257 e. The average molecular weight is 374 g/mol. The van der Waals surface area contributed by atoms with Crippen molar-refractivity contribution in [2.45, 2.75) is 39.3 Å². The van der Waals surface area contributed by atoms with Crippen LogP contribution in [0.3, 0.4) is 0 Å². The minimum atomic E-state index is -0.497. The zero-order chi connectivity index (χ0) is 19.4. The van der Waals surface area contributed by atoms with Crippen molar-refractivity contribution >= 4 is 34.5 Å². The molecule has 1 fully saturated rings. The molecule has 3 heterocycles. The van der Waals surface area contributed by atoms with Crippen LogP contribution >= 0.6 is 0 Å². The Labute approximate surface area is 163 Å². The molecule has 1 saturated heterocycles. The second kappa shape index (κ2) is 6.19. The van der Waals surface area contributed by atoms with Gasteiger partial charge in [0.15, 0.2) is 0 Å². The third-order valence-corrected chi connectivity index (χ3v) is 5.78. The van der Waals surface area contributed by atoms with Crippen molar-refractivity contribution < 1.29 is 9.59 Å². The highest BCUT2D eigenvalue weighted by atomic mass is 16.2. The Morgan fingerprint density at radius 3 is 2.71 bits per heavy atom. The Kier molecular flexibility index (Phi) is 3.75. The van der Waals surface area contributed by atoms with Gasteiger partial charge in [0.05, 0.1) is 23.1 Å². The molecule has 6 heteroatoms. The van der Waals surface area contributed by atoms with E-state index in [-0.39, 0.29) is 18.2 Å². The standard InChI is InChI=1S/C22H22N4O2/c1-14-8-9-15(2)18(12-14)26-20(27)13-19(21(26)28)25-11-5-10-24-17-7-4-3-6-16(17)23-22(24)25/h3-4,6-9,12,19H,5,10-11,13H2,1-2H3. The van der Waals surface area contributed by atoms with E-state index >= 15 is 0 Å². The van der Waals surface area contributed by atoms with Crippen molar-refractivity contribution in [3.8, 4) is 0 Å². The Morgan fingerprint density at radius 2 is 1.86 bits per heavy atom. The number of benzene rings is 2. The highest BCUT2D eigenvalue weighted by Crippen LogP contribution is 2.34. The Hall–Kier alpha value is -3.15. The van der Waals surface area contributed by atoms with Crippen LogP contribution in [0, 0.1) is 13.8 Å². The van der Waals surface area contributed by atoms with Crippen LogP contribution in [0.1, 0.15) is 24.0 Å². The minimum absolute atomic E-state index is 0.142. The molecule has 3 aromatic rings. The first-order valence-corrected chi connectivity index (χ1v) is 9.70. The molecule has 2 aliphatic rings. The summed E-state index contributed by atoms with van der Waals surface area (Å²) >= 11 is 0. The van der Waals surface area contributed by atoms with Crippen LogP contribution in [-0.4, -0.2) is 34.0 Å². The number of carbonyl (C=O) groups is 2. The molecule has 1 atom stereocenters. The maximum absolute atomic E-state index is 13.3. The first-order chi connectivity index (χ1) is 13.5. The molecule has 2 aliphatic heterocycles. The van der Waals surface area contributed by atoms with E-state index < -0.39 is 6.04 Å². The summed E-state index contributed by atoms with van der Waals surface area (Å²) in [6.45, 7) is 5.51. The van der Waals surface area contributed by atoms with Crippen LogP contribution in [0.5, 0.6) is 0 Å². The lowest BCUT2D eigenvalue weighted by Crippen LogP contribution is -2.46. The zero-order valence-electron chi connectivity index (χ0n) is 16.1. The second-order valence-electron chi connectivity index (χ2n) is 7.68. The van der Waals surface area contributed by atoms with Crippen molar-refractivity contribution in [2.24, 2.45) is 0 Å². The highest BCUT2D eigenvalue weighted by molar-refractivity contribution is 6.23. The fraction of sp³-hybridized carbons (Fsp3) is 0.318.